The molecule has 0 spiro atoms. The Bertz CT molecular complexity index is 1710. The van der Waals surface area contributed by atoms with Crippen molar-refractivity contribution in [1.29, 1.82) is 0 Å². The van der Waals surface area contributed by atoms with E-state index in [-0.39, 0.29) is 11.7 Å². The molecule has 0 fully saturated rings. The molecule has 208 valence electrons. The Hall–Kier alpha value is -4.18. The minimum Gasteiger partial charge on any atom is -0.493 e. The van der Waals surface area contributed by atoms with E-state index in [1.807, 2.05) is 45.0 Å². The summed E-state index contributed by atoms with van der Waals surface area (Å²) in [4.78, 5) is 20.9. The summed E-state index contributed by atoms with van der Waals surface area (Å²) in [6.07, 6.45) is 4.14. The Kier molecular flexibility index (Phi) is 7.62. The van der Waals surface area contributed by atoms with Gasteiger partial charge in [0.25, 0.3) is 5.56 Å². The number of nitrogens with zero attached hydrogens (tertiary/aromatic N) is 3. The highest BCUT2D eigenvalue weighted by Gasteiger charge is 2.32. The summed E-state index contributed by atoms with van der Waals surface area (Å²) in [6, 6.07) is 14.8. The van der Waals surface area contributed by atoms with Gasteiger partial charge >= 0.3 is 0 Å². The average molecular weight is 562 g/mol. The number of pyridine rings is 1. The molecule has 1 aliphatic heterocycles. The molecule has 0 unspecified atom stereocenters. The van der Waals surface area contributed by atoms with Crippen LogP contribution in [-0.2, 0) is 16.3 Å². The van der Waals surface area contributed by atoms with Gasteiger partial charge < -0.3 is 14.6 Å². The van der Waals surface area contributed by atoms with Gasteiger partial charge in [-0.2, -0.15) is 4.98 Å². The maximum atomic E-state index is 13.8. The highest BCUT2D eigenvalue weighted by atomic mass is 32.2. The number of aromatic hydroxyl groups is 1. The third kappa shape index (κ3) is 4.95. The Labute approximate surface area is 233 Å². The fourth-order valence-electron chi connectivity index (χ4n) is 5.03. The van der Waals surface area contributed by atoms with E-state index in [0.29, 0.717) is 36.6 Å². The van der Waals surface area contributed by atoms with Crippen molar-refractivity contribution in [3.63, 3.8) is 0 Å². The third-order valence-electron chi connectivity index (χ3n) is 7.12. The largest absolute Gasteiger partial charge is 0.493 e. The summed E-state index contributed by atoms with van der Waals surface area (Å²) in [5, 5.41) is 11.6. The first-order valence-electron chi connectivity index (χ1n) is 13.3. The van der Waals surface area contributed by atoms with Crippen molar-refractivity contribution >= 4 is 9.84 Å². The molecule has 5 rings (SSSR count). The molecule has 0 amide bonds. The Morgan fingerprint density at radius 3 is 2.50 bits per heavy atom. The van der Waals surface area contributed by atoms with Crippen molar-refractivity contribution in [2.75, 3.05) is 6.79 Å². The predicted molar refractivity (Wildman–Crippen MR) is 150 cm³/mol. The van der Waals surface area contributed by atoms with Gasteiger partial charge in [0, 0.05) is 23.9 Å². The van der Waals surface area contributed by atoms with Crippen LogP contribution in [0.4, 0.5) is 0 Å². The molecule has 0 radical (unpaired) electrons. The number of rotatable bonds is 9. The van der Waals surface area contributed by atoms with Crippen molar-refractivity contribution in [2.45, 2.75) is 62.3 Å². The average Bonchev–Trinajstić information content (AvgIpc) is 3.42. The lowest BCUT2D eigenvalue weighted by Gasteiger charge is -2.25. The number of aryl methyl sites for hydroxylation is 2. The van der Waals surface area contributed by atoms with Gasteiger partial charge in [0.05, 0.1) is 10.9 Å². The molecule has 1 N–H and O–H groups in total. The van der Waals surface area contributed by atoms with Gasteiger partial charge in [0.15, 0.2) is 16.4 Å². The maximum absolute atomic E-state index is 13.8. The number of ether oxygens (including phenoxy) is 2. The lowest BCUT2D eigenvalue weighted by molar-refractivity contribution is 0.174. The maximum Gasteiger partial charge on any atom is 0.296 e. The molecular formula is C30H31N3O6S. The number of fused-ring (bicyclic) bond motifs is 1. The van der Waals surface area contributed by atoms with Crippen LogP contribution >= 0.6 is 0 Å². The topological polar surface area (TPSA) is 121 Å². The van der Waals surface area contributed by atoms with Crippen LogP contribution < -0.4 is 15.0 Å². The number of hydrogen-bond donors (Lipinski definition) is 1. The molecule has 40 heavy (non-hydrogen) atoms. The molecule has 0 saturated heterocycles. The van der Waals surface area contributed by atoms with E-state index in [0.717, 1.165) is 28.8 Å². The van der Waals surface area contributed by atoms with E-state index in [2.05, 4.69) is 9.97 Å². The van der Waals surface area contributed by atoms with Crippen LogP contribution in [0, 0.1) is 6.92 Å². The molecule has 2 aromatic carbocycles. The fourth-order valence-corrected chi connectivity index (χ4v) is 6.38. The van der Waals surface area contributed by atoms with Gasteiger partial charge in [-0.15, -0.1) is 0 Å². The highest BCUT2D eigenvalue weighted by molar-refractivity contribution is 7.91. The first-order valence-corrected chi connectivity index (χ1v) is 14.8. The van der Waals surface area contributed by atoms with E-state index in [9.17, 15) is 18.3 Å². The molecule has 2 aromatic heterocycles. The second-order valence-electron chi connectivity index (χ2n) is 9.66. The SMILES string of the molecule is CCCCc1nc(=O)c(S(=O)(=O)c2ccc(-c3cccnc3C)cc2)c(O)n1[C@@H](CC)c1ccc2c(c1)OCO2. The zero-order chi connectivity index (χ0) is 28.4. The lowest BCUT2D eigenvalue weighted by atomic mass is 10.0. The van der Waals surface area contributed by atoms with Crippen molar-refractivity contribution in [3.8, 4) is 28.5 Å². The monoisotopic (exact) mass is 561 g/mol. The molecule has 0 saturated carbocycles. The summed E-state index contributed by atoms with van der Waals surface area (Å²) < 4.78 is 40.1. The highest BCUT2D eigenvalue weighted by Crippen LogP contribution is 2.38. The Morgan fingerprint density at radius 1 is 1.05 bits per heavy atom. The van der Waals surface area contributed by atoms with Gasteiger partial charge in [-0.05, 0) is 61.2 Å². The van der Waals surface area contributed by atoms with Crippen molar-refractivity contribution in [3.05, 3.63) is 88.2 Å². The molecule has 10 heteroatoms. The summed E-state index contributed by atoms with van der Waals surface area (Å²) in [7, 11) is -4.41. The molecule has 0 aliphatic carbocycles. The van der Waals surface area contributed by atoms with Crippen LogP contribution in [0.15, 0.2) is 75.4 Å². The van der Waals surface area contributed by atoms with Crippen LogP contribution in [0.3, 0.4) is 0 Å². The number of hydrogen-bond acceptors (Lipinski definition) is 8. The fraction of sp³-hybridized carbons (Fsp3) is 0.300. The molecule has 4 aromatic rings. The molecule has 0 bridgehead atoms. The minimum atomic E-state index is -4.41. The molecule has 3 heterocycles. The molecule has 1 atom stereocenters. The van der Waals surface area contributed by atoms with Crippen LogP contribution in [0.25, 0.3) is 11.1 Å². The van der Waals surface area contributed by atoms with E-state index in [1.54, 1.807) is 24.4 Å². The quantitative estimate of drug-likeness (QED) is 0.295. The first-order chi connectivity index (χ1) is 19.3. The number of benzene rings is 2. The van der Waals surface area contributed by atoms with Gasteiger partial charge in [-0.25, -0.2) is 8.42 Å². The zero-order valence-electron chi connectivity index (χ0n) is 22.6. The summed E-state index contributed by atoms with van der Waals surface area (Å²) in [5.74, 6) is 0.884. The van der Waals surface area contributed by atoms with Crippen LogP contribution in [0.1, 0.15) is 56.2 Å². The van der Waals surface area contributed by atoms with E-state index >= 15 is 0 Å². The van der Waals surface area contributed by atoms with E-state index in [1.165, 1.54) is 16.7 Å². The van der Waals surface area contributed by atoms with Gasteiger partial charge in [-0.3, -0.25) is 14.3 Å². The van der Waals surface area contributed by atoms with Crippen molar-refractivity contribution in [2.24, 2.45) is 0 Å². The molecule has 1 aliphatic rings. The van der Waals surface area contributed by atoms with Gasteiger partial charge in [-0.1, -0.05) is 44.5 Å². The lowest BCUT2D eigenvalue weighted by Crippen LogP contribution is -2.27. The van der Waals surface area contributed by atoms with Crippen LogP contribution in [-0.4, -0.2) is 34.9 Å². The standard InChI is InChI=1S/C30H31N3O6S/c1-4-6-9-27-32-29(34)28(30(35)33(27)24(5-2)21-12-15-25-26(17-21)39-18-38-25)40(36,37)22-13-10-20(11-14-22)23-8-7-16-31-19(23)3/h7-8,10-17,24,35H,4-6,9,18H2,1-3H3/t24-/m0/s1. The summed E-state index contributed by atoms with van der Waals surface area (Å²) >= 11 is 0. The van der Waals surface area contributed by atoms with Crippen molar-refractivity contribution in [1.82, 2.24) is 14.5 Å². The van der Waals surface area contributed by atoms with Gasteiger partial charge in [0.2, 0.25) is 22.5 Å². The summed E-state index contributed by atoms with van der Waals surface area (Å²) in [5.41, 5.74) is 2.25. The normalized spacial score (nSPS) is 13.4. The second-order valence-corrected chi connectivity index (χ2v) is 11.5. The number of aromatic nitrogens is 3. The van der Waals surface area contributed by atoms with Gasteiger partial charge in [0.1, 0.15) is 5.82 Å². The third-order valence-corrected chi connectivity index (χ3v) is 8.91. The van der Waals surface area contributed by atoms with Crippen LogP contribution in [0.5, 0.6) is 17.4 Å². The molecule has 9 nitrogen and oxygen atoms in total. The van der Waals surface area contributed by atoms with Crippen LogP contribution in [0.2, 0.25) is 0 Å². The predicted octanol–water partition coefficient (Wildman–Crippen LogP) is 5.22. The number of unbranched alkanes of at least 4 members (excludes halogenated alkanes) is 1. The Morgan fingerprint density at radius 2 is 1.80 bits per heavy atom. The summed E-state index contributed by atoms with van der Waals surface area (Å²) in [6.45, 7) is 5.91. The minimum absolute atomic E-state index is 0.115. The number of sulfone groups is 1. The first kappa shape index (κ1) is 27.4. The van der Waals surface area contributed by atoms with E-state index in [4.69, 9.17) is 9.47 Å². The van der Waals surface area contributed by atoms with E-state index < -0.39 is 32.2 Å². The second kappa shape index (κ2) is 11.1. The smallest absolute Gasteiger partial charge is 0.296 e. The Balaban J connectivity index is 1.63. The molecular weight excluding hydrogens is 530 g/mol. The van der Waals surface area contributed by atoms with Crippen molar-refractivity contribution < 1.29 is 23.0 Å². The zero-order valence-corrected chi connectivity index (χ0v) is 23.4.